The number of ether oxygens (including phenoxy) is 2. The van der Waals surface area contributed by atoms with Crippen molar-refractivity contribution >= 4 is 11.6 Å². The lowest BCUT2D eigenvalue weighted by atomic mass is 9.99. The quantitative estimate of drug-likeness (QED) is 0.795. The monoisotopic (exact) mass is 394 g/mol. The first kappa shape index (κ1) is 19.8. The van der Waals surface area contributed by atoms with Crippen molar-refractivity contribution in [1.82, 2.24) is 4.90 Å². The van der Waals surface area contributed by atoms with Crippen LogP contribution in [-0.4, -0.2) is 37.1 Å². The molecule has 2 aromatic carbocycles. The lowest BCUT2D eigenvalue weighted by Crippen LogP contribution is -2.32. The molecule has 1 amide bonds. The van der Waals surface area contributed by atoms with Gasteiger partial charge in [-0.25, -0.2) is 0 Å². The van der Waals surface area contributed by atoms with Crippen molar-refractivity contribution in [1.29, 1.82) is 0 Å². The van der Waals surface area contributed by atoms with E-state index in [1.165, 1.54) is 31.5 Å². The van der Waals surface area contributed by atoms with Crippen LogP contribution in [0.15, 0.2) is 42.5 Å². The van der Waals surface area contributed by atoms with Gasteiger partial charge in [-0.05, 0) is 73.7 Å². The molecule has 154 valence electrons. The molecule has 0 aromatic heterocycles. The number of carbonyl (C=O) groups excluding carboxylic acids is 1. The van der Waals surface area contributed by atoms with Crippen molar-refractivity contribution in [3.8, 4) is 11.5 Å². The summed E-state index contributed by atoms with van der Waals surface area (Å²) in [6, 6.07) is 14.1. The van der Waals surface area contributed by atoms with E-state index in [9.17, 15) is 4.79 Å². The van der Waals surface area contributed by atoms with Gasteiger partial charge in [0.2, 0.25) is 5.91 Å². The Morgan fingerprint density at radius 1 is 1.00 bits per heavy atom. The molecule has 1 saturated heterocycles. The zero-order valence-electron chi connectivity index (χ0n) is 17.2. The SMILES string of the molecule is CC1CCN(Cc2ccc(NC(=O)CCc3ccc4c(c3)OCCO4)cc2)CC1. The van der Waals surface area contributed by atoms with Crippen molar-refractivity contribution in [3.63, 3.8) is 0 Å². The van der Waals surface area contributed by atoms with Gasteiger partial charge >= 0.3 is 0 Å². The molecule has 4 rings (SSSR count). The maximum Gasteiger partial charge on any atom is 0.224 e. The molecule has 0 unspecified atom stereocenters. The Morgan fingerprint density at radius 2 is 1.69 bits per heavy atom. The summed E-state index contributed by atoms with van der Waals surface area (Å²) in [5, 5.41) is 3.00. The lowest BCUT2D eigenvalue weighted by molar-refractivity contribution is -0.116. The van der Waals surface area contributed by atoms with Gasteiger partial charge in [-0.15, -0.1) is 0 Å². The number of benzene rings is 2. The summed E-state index contributed by atoms with van der Waals surface area (Å²) >= 11 is 0. The summed E-state index contributed by atoms with van der Waals surface area (Å²) in [5.74, 6) is 2.43. The minimum Gasteiger partial charge on any atom is -0.486 e. The highest BCUT2D eigenvalue weighted by atomic mass is 16.6. The second kappa shape index (κ2) is 9.31. The van der Waals surface area contributed by atoms with Gasteiger partial charge in [0.05, 0.1) is 0 Å². The minimum atomic E-state index is 0.0256. The van der Waals surface area contributed by atoms with E-state index < -0.39 is 0 Å². The zero-order valence-corrected chi connectivity index (χ0v) is 17.2. The van der Waals surface area contributed by atoms with Crippen molar-refractivity contribution in [2.75, 3.05) is 31.6 Å². The summed E-state index contributed by atoms with van der Waals surface area (Å²) in [7, 11) is 0. The Kier molecular flexibility index (Phi) is 6.35. The minimum absolute atomic E-state index is 0.0256. The molecule has 2 heterocycles. The first-order chi connectivity index (χ1) is 14.2. The van der Waals surface area contributed by atoms with Gasteiger partial charge < -0.3 is 14.8 Å². The van der Waals surface area contributed by atoms with E-state index in [-0.39, 0.29) is 5.91 Å². The van der Waals surface area contributed by atoms with Crippen LogP contribution < -0.4 is 14.8 Å². The highest BCUT2D eigenvalue weighted by molar-refractivity contribution is 5.90. The number of amides is 1. The van der Waals surface area contributed by atoms with Gasteiger partial charge in [0.15, 0.2) is 11.5 Å². The fraction of sp³-hybridized carbons (Fsp3) is 0.458. The molecular formula is C24H30N2O3. The maximum absolute atomic E-state index is 12.3. The predicted molar refractivity (Wildman–Crippen MR) is 114 cm³/mol. The molecule has 0 atom stereocenters. The van der Waals surface area contributed by atoms with Crippen LogP contribution in [-0.2, 0) is 17.8 Å². The average molecular weight is 395 g/mol. The summed E-state index contributed by atoms with van der Waals surface area (Å²) < 4.78 is 11.1. The van der Waals surface area contributed by atoms with E-state index in [4.69, 9.17) is 9.47 Å². The Labute approximate surface area is 173 Å². The van der Waals surface area contributed by atoms with Crippen molar-refractivity contribution in [3.05, 3.63) is 53.6 Å². The largest absolute Gasteiger partial charge is 0.486 e. The number of anilines is 1. The van der Waals surface area contributed by atoms with E-state index in [1.54, 1.807) is 0 Å². The molecule has 2 aliphatic rings. The van der Waals surface area contributed by atoms with Gasteiger partial charge in [0, 0.05) is 18.7 Å². The van der Waals surface area contributed by atoms with Crippen LogP contribution in [0.4, 0.5) is 5.69 Å². The number of piperidine rings is 1. The Balaban J connectivity index is 1.24. The number of fused-ring (bicyclic) bond motifs is 1. The second-order valence-corrected chi connectivity index (χ2v) is 8.18. The Hall–Kier alpha value is -2.53. The van der Waals surface area contributed by atoms with E-state index in [2.05, 4.69) is 29.3 Å². The van der Waals surface area contributed by atoms with Gasteiger partial charge in [-0.1, -0.05) is 25.1 Å². The summed E-state index contributed by atoms with van der Waals surface area (Å²) in [5.41, 5.74) is 3.23. The molecule has 2 aliphatic heterocycles. The van der Waals surface area contributed by atoms with Crippen molar-refractivity contribution in [2.45, 2.75) is 39.2 Å². The molecule has 0 aliphatic carbocycles. The number of likely N-dealkylation sites (tertiary alicyclic amines) is 1. The van der Waals surface area contributed by atoms with Gasteiger partial charge in [0.25, 0.3) is 0 Å². The number of carbonyl (C=O) groups is 1. The van der Waals surface area contributed by atoms with Gasteiger partial charge in [0.1, 0.15) is 13.2 Å². The second-order valence-electron chi connectivity index (χ2n) is 8.18. The maximum atomic E-state index is 12.3. The third-order valence-electron chi connectivity index (χ3n) is 5.77. The Morgan fingerprint density at radius 3 is 2.45 bits per heavy atom. The van der Waals surface area contributed by atoms with Crippen LogP contribution >= 0.6 is 0 Å². The van der Waals surface area contributed by atoms with E-state index in [0.717, 1.165) is 35.2 Å². The average Bonchev–Trinajstić information content (AvgIpc) is 2.75. The molecule has 1 fully saturated rings. The number of nitrogens with one attached hydrogen (secondary N) is 1. The number of hydrogen-bond acceptors (Lipinski definition) is 4. The molecule has 0 saturated carbocycles. The van der Waals surface area contributed by atoms with Gasteiger partial charge in [-0.2, -0.15) is 0 Å². The Bertz CT molecular complexity index is 827. The van der Waals surface area contributed by atoms with Crippen LogP contribution in [0.3, 0.4) is 0 Å². The van der Waals surface area contributed by atoms with Crippen molar-refractivity contribution in [2.24, 2.45) is 5.92 Å². The molecule has 0 spiro atoms. The van der Waals surface area contributed by atoms with Crippen LogP contribution in [0.1, 0.15) is 37.3 Å². The molecular weight excluding hydrogens is 364 g/mol. The van der Waals surface area contributed by atoms with E-state index in [0.29, 0.717) is 26.1 Å². The predicted octanol–water partition coefficient (Wildman–Crippen LogP) is 4.26. The van der Waals surface area contributed by atoms with E-state index in [1.807, 2.05) is 30.3 Å². The first-order valence-corrected chi connectivity index (χ1v) is 10.7. The topological polar surface area (TPSA) is 50.8 Å². The first-order valence-electron chi connectivity index (χ1n) is 10.7. The van der Waals surface area contributed by atoms with Crippen LogP contribution in [0.2, 0.25) is 0 Å². The molecule has 0 radical (unpaired) electrons. The number of aryl methyl sites for hydroxylation is 1. The molecule has 2 aromatic rings. The fourth-order valence-corrected chi connectivity index (χ4v) is 3.90. The standard InChI is InChI=1S/C24H30N2O3/c1-18-10-12-26(13-11-18)17-20-2-6-21(7-3-20)25-24(27)9-5-19-4-8-22-23(16-19)29-15-14-28-22/h2-4,6-8,16,18H,5,9-15,17H2,1H3,(H,25,27). The normalized spacial score (nSPS) is 17.1. The van der Waals surface area contributed by atoms with Crippen LogP contribution in [0, 0.1) is 5.92 Å². The lowest BCUT2D eigenvalue weighted by Gasteiger charge is -2.30. The van der Waals surface area contributed by atoms with E-state index >= 15 is 0 Å². The molecule has 5 nitrogen and oxygen atoms in total. The summed E-state index contributed by atoms with van der Waals surface area (Å²) in [4.78, 5) is 14.8. The third kappa shape index (κ3) is 5.51. The number of rotatable bonds is 6. The molecule has 1 N–H and O–H groups in total. The van der Waals surface area contributed by atoms with Crippen LogP contribution in [0.25, 0.3) is 0 Å². The molecule has 29 heavy (non-hydrogen) atoms. The highest BCUT2D eigenvalue weighted by Crippen LogP contribution is 2.31. The molecule has 5 heteroatoms. The molecule has 0 bridgehead atoms. The fourth-order valence-electron chi connectivity index (χ4n) is 3.90. The third-order valence-corrected chi connectivity index (χ3v) is 5.77. The smallest absolute Gasteiger partial charge is 0.224 e. The summed E-state index contributed by atoms with van der Waals surface area (Å²) in [6.45, 7) is 6.85. The van der Waals surface area contributed by atoms with Gasteiger partial charge in [-0.3, -0.25) is 9.69 Å². The zero-order chi connectivity index (χ0) is 20.1. The number of hydrogen-bond donors (Lipinski definition) is 1. The number of nitrogens with zero attached hydrogens (tertiary/aromatic N) is 1. The summed E-state index contributed by atoms with van der Waals surface area (Å²) in [6.07, 6.45) is 3.69. The van der Waals surface area contributed by atoms with Crippen molar-refractivity contribution < 1.29 is 14.3 Å². The van der Waals surface area contributed by atoms with Crippen LogP contribution in [0.5, 0.6) is 11.5 Å². The highest BCUT2D eigenvalue weighted by Gasteiger charge is 2.16.